The van der Waals surface area contributed by atoms with Crippen molar-refractivity contribution in [1.82, 2.24) is 19.9 Å². The fourth-order valence-corrected chi connectivity index (χ4v) is 2.55. The van der Waals surface area contributed by atoms with E-state index in [4.69, 9.17) is 4.42 Å². The summed E-state index contributed by atoms with van der Waals surface area (Å²) in [6, 6.07) is 5.90. The molecule has 5 nitrogen and oxygen atoms in total. The molecule has 2 heterocycles. The summed E-state index contributed by atoms with van der Waals surface area (Å²) in [6.07, 6.45) is 1.45. The van der Waals surface area contributed by atoms with Crippen LogP contribution in [0.1, 0.15) is 5.82 Å². The number of benzene rings is 1. The van der Waals surface area contributed by atoms with Gasteiger partial charge in [-0.25, -0.2) is 9.97 Å². The van der Waals surface area contributed by atoms with Gasteiger partial charge < -0.3 is 14.3 Å². The van der Waals surface area contributed by atoms with E-state index in [9.17, 15) is 0 Å². The van der Waals surface area contributed by atoms with Gasteiger partial charge in [-0.2, -0.15) is 0 Å². The summed E-state index contributed by atoms with van der Waals surface area (Å²) in [5, 5.41) is 3.11. The maximum atomic E-state index is 5.33. The molecule has 0 aliphatic rings. The Morgan fingerprint density at radius 3 is 3.05 bits per heavy atom. The van der Waals surface area contributed by atoms with Crippen molar-refractivity contribution in [2.45, 2.75) is 6.54 Å². The topological polar surface area (TPSA) is 55.9 Å². The summed E-state index contributed by atoms with van der Waals surface area (Å²) in [5.74, 6) is 0.974. The summed E-state index contributed by atoms with van der Waals surface area (Å²) in [7, 11) is 3.89. The van der Waals surface area contributed by atoms with Gasteiger partial charge in [-0.15, -0.1) is 0 Å². The van der Waals surface area contributed by atoms with Crippen molar-refractivity contribution < 1.29 is 4.42 Å². The first-order valence-electron chi connectivity index (χ1n) is 5.90. The lowest BCUT2D eigenvalue weighted by Crippen LogP contribution is -2.10. The summed E-state index contributed by atoms with van der Waals surface area (Å²) < 4.78 is 8.31. The number of nitrogens with one attached hydrogen (secondary N) is 1. The highest BCUT2D eigenvalue weighted by atomic mass is 79.9. The second-order valence-corrected chi connectivity index (χ2v) is 5.04. The van der Waals surface area contributed by atoms with E-state index in [1.54, 1.807) is 0 Å². The van der Waals surface area contributed by atoms with Gasteiger partial charge in [0.25, 0.3) is 0 Å². The highest BCUT2D eigenvalue weighted by molar-refractivity contribution is 9.10. The van der Waals surface area contributed by atoms with Crippen LogP contribution in [0.25, 0.3) is 22.4 Å². The molecule has 0 amide bonds. The second kappa shape index (κ2) is 4.79. The molecule has 6 heteroatoms. The summed E-state index contributed by atoms with van der Waals surface area (Å²) in [5.41, 5.74) is 3.54. The SMILES string of the molecule is CNCc1nc(-c2ccc3ncoc3c2)c(Br)n1C. The lowest BCUT2D eigenvalue weighted by Gasteiger charge is -2.00. The van der Waals surface area contributed by atoms with Crippen LogP contribution in [0.15, 0.2) is 33.6 Å². The molecule has 3 rings (SSSR count). The molecule has 1 N–H and O–H groups in total. The molecule has 19 heavy (non-hydrogen) atoms. The van der Waals surface area contributed by atoms with Gasteiger partial charge in [-0.1, -0.05) is 6.07 Å². The zero-order valence-electron chi connectivity index (χ0n) is 10.6. The van der Waals surface area contributed by atoms with Crippen LogP contribution in [-0.2, 0) is 13.6 Å². The standard InChI is InChI=1S/C13H13BrN4O/c1-15-6-11-17-12(13(14)18(11)2)8-3-4-9-10(5-8)19-7-16-9/h3-5,7,15H,6H2,1-2H3. The number of imidazole rings is 1. The Morgan fingerprint density at radius 2 is 2.26 bits per heavy atom. The third kappa shape index (κ3) is 2.06. The maximum Gasteiger partial charge on any atom is 0.181 e. The number of fused-ring (bicyclic) bond motifs is 1. The zero-order chi connectivity index (χ0) is 13.4. The Hall–Kier alpha value is -1.66. The fourth-order valence-electron chi connectivity index (χ4n) is 2.02. The molecule has 0 fully saturated rings. The van der Waals surface area contributed by atoms with Crippen molar-refractivity contribution in [2.24, 2.45) is 7.05 Å². The fraction of sp³-hybridized carbons (Fsp3) is 0.231. The Labute approximate surface area is 118 Å². The predicted molar refractivity (Wildman–Crippen MR) is 76.7 cm³/mol. The quantitative estimate of drug-likeness (QED) is 0.806. The third-order valence-electron chi connectivity index (χ3n) is 3.06. The maximum absolute atomic E-state index is 5.33. The van der Waals surface area contributed by atoms with Crippen LogP contribution in [0.4, 0.5) is 0 Å². The molecule has 0 saturated carbocycles. The number of rotatable bonds is 3. The first kappa shape index (κ1) is 12.4. The summed E-state index contributed by atoms with van der Waals surface area (Å²) >= 11 is 3.59. The van der Waals surface area contributed by atoms with E-state index in [1.807, 2.05) is 36.9 Å². The monoisotopic (exact) mass is 320 g/mol. The van der Waals surface area contributed by atoms with Gasteiger partial charge >= 0.3 is 0 Å². The number of oxazole rings is 1. The number of hydrogen-bond acceptors (Lipinski definition) is 4. The largest absolute Gasteiger partial charge is 0.443 e. The predicted octanol–water partition coefficient (Wildman–Crippen LogP) is 2.71. The van der Waals surface area contributed by atoms with Crippen molar-refractivity contribution in [1.29, 1.82) is 0 Å². The highest BCUT2D eigenvalue weighted by Gasteiger charge is 2.14. The molecule has 0 radical (unpaired) electrons. The number of aromatic nitrogens is 3. The van der Waals surface area contributed by atoms with Gasteiger partial charge in [0.1, 0.15) is 21.6 Å². The molecule has 98 valence electrons. The van der Waals surface area contributed by atoms with E-state index >= 15 is 0 Å². The van der Waals surface area contributed by atoms with Crippen molar-refractivity contribution in [3.63, 3.8) is 0 Å². The Balaban J connectivity index is 2.12. The second-order valence-electron chi connectivity index (χ2n) is 4.29. The van der Waals surface area contributed by atoms with Crippen LogP contribution < -0.4 is 5.32 Å². The molecular weight excluding hydrogens is 308 g/mol. The van der Waals surface area contributed by atoms with E-state index in [0.717, 1.165) is 39.3 Å². The van der Waals surface area contributed by atoms with Crippen LogP contribution >= 0.6 is 15.9 Å². The number of hydrogen-bond donors (Lipinski definition) is 1. The molecule has 3 aromatic rings. The van der Waals surface area contributed by atoms with Crippen molar-refractivity contribution in [3.8, 4) is 11.3 Å². The zero-order valence-corrected chi connectivity index (χ0v) is 12.2. The first-order chi connectivity index (χ1) is 9.20. The smallest absolute Gasteiger partial charge is 0.181 e. The Bertz CT molecular complexity index is 731. The van der Waals surface area contributed by atoms with E-state index < -0.39 is 0 Å². The minimum atomic E-state index is 0.722. The average Bonchev–Trinajstić information content (AvgIpc) is 2.98. The molecule has 2 aromatic heterocycles. The molecule has 0 atom stereocenters. The van der Waals surface area contributed by atoms with E-state index in [-0.39, 0.29) is 0 Å². The lowest BCUT2D eigenvalue weighted by molar-refractivity contribution is 0.602. The van der Waals surface area contributed by atoms with Crippen LogP contribution in [0.5, 0.6) is 0 Å². The molecule has 1 aromatic carbocycles. The van der Waals surface area contributed by atoms with Gasteiger partial charge in [0, 0.05) is 12.6 Å². The van der Waals surface area contributed by atoms with E-state index in [1.165, 1.54) is 6.39 Å². The Kier molecular flexibility index (Phi) is 3.12. The van der Waals surface area contributed by atoms with Crippen LogP contribution in [0.3, 0.4) is 0 Å². The molecule has 0 aliphatic heterocycles. The Morgan fingerprint density at radius 1 is 1.42 bits per heavy atom. The molecule has 0 spiro atoms. The normalized spacial score (nSPS) is 11.3. The first-order valence-corrected chi connectivity index (χ1v) is 6.69. The van der Waals surface area contributed by atoms with E-state index in [0.29, 0.717) is 0 Å². The molecule has 0 unspecified atom stereocenters. The van der Waals surface area contributed by atoms with Crippen molar-refractivity contribution >= 4 is 27.0 Å². The van der Waals surface area contributed by atoms with Gasteiger partial charge in [-0.05, 0) is 35.1 Å². The van der Waals surface area contributed by atoms with Gasteiger partial charge in [0.2, 0.25) is 0 Å². The van der Waals surface area contributed by atoms with Gasteiger partial charge in [0.05, 0.1) is 6.54 Å². The third-order valence-corrected chi connectivity index (χ3v) is 3.97. The van der Waals surface area contributed by atoms with Crippen LogP contribution in [-0.4, -0.2) is 21.6 Å². The summed E-state index contributed by atoms with van der Waals surface area (Å²) in [6.45, 7) is 0.722. The van der Waals surface area contributed by atoms with Crippen LogP contribution in [0, 0.1) is 0 Å². The molecular formula is C13H13BrN4O. The molecule has 0 saturated heterocycles. The van der Waals surface area contributed by atoms with Gasteiger partial charge in [-0.3, -0.25) is 0 Å². The molecule has 0 bridgehead atoms. The number of halogens is 1. The van der Waals surface area contributed by atoms with Crippen molar-refractivity contribution in [2.75, 3.05) is 7.05 Å². The minimum Gasteiger partial charge on any atom is -0.443 e. The lowest BCUT2D eigenvalue weighted by atomic mass is 10.1. The van der Waals surface area contributed by atoms with E-state index in [2.05, 4.69) is 31.2 Å². The molecule has 0 aliphatic carbocycles. The number of nitrogens with zero attached hydrogens (tertiary/aromatic N) is 3. The van der Waals surface area contributed by atoms with Crippen molar-refractivity contribution in [3.05, 3.63) is 35.0 Å². The van der Waals surface area contributed by atoms with Crippen LogP contribution in [0.2, 0.25) is 0 Å². The highest BCUT2D eigenvalue weighted by Crippen LogP contribution is 2.30. The van der Waals surface area contributed by atoms with Gasteiger partial charge in [0.15, 0.2) is 12.0 Å². The summed E-state index contributed by atoms with van der Waals surface area (Å²) in [4.78, 5) is 8.77. The minimum absolute atomic E-state index is 0.722. The average molecular weight is 321 g/mol.